The quantitative estimate of drug-likeness (QED) is 0.251. The molecule has 6 aromatic rings. The summed E-state index contributed by atoms with van der Waals surface area (Å²) >= 11 is 0. The molecule has 0 saturated heterocycles. The molecule has 0 aliphatic heterocycles. The average Bonchev–Trinajstić information content (AvgIpc) is 3.46. The summed E-state index contributed by atoms with van der Waals surface area (Å²) in [5.41, 5.74) is 8.83. The molecule has 36 heavy (non-hydrogen) atoms. The molecule has 4 heterocycles. The number of benzene rings is 2. The van der Waals surface area contributed by atoms with E-state index >= 15 is 0 Å². The van der Waals surface area contributed by atoms with Gasteiger partial charge in [-0.05, 0) is 41.3 Å². The van der Waals surface area contributed by atoms with E-state index < -0.39 is 0 Å². The number of furan rings is 1. The van der Waals surface area contributed by atoms with Crippen LogP contribution < -0.4 is 0 Å². The first-order valence-corrected chi connectivity index (χ1v) is 12.3. The Bertz CT molecular complexity index is 1740. The highest BCUT2D eigenvalue weighted by Crippen LogP contribution is 2.41. The van der Waals surface area contributed by atoms with E-state index in [4.69, 9.17) is 18.8 Å². The normalized spacial score (nSPS) is 12.7. The van der Waals surface area contributed by atoms with Crippen LogP contribution in [0, 0.1) is 0 Å². The molecule has 0 saturated carbocycles. The number of para-hydroxylation sites is 1. The smallest absolute Gasteiger partial charge is 0.181 e. The van der Waals surface area contributed by atoms with E-state index in [1.165, 1.54) is 12.0 Å². The van der Waals surface area contributed by atoms with Crippen LogP contribution >= 0.6 is 0 Å². The van der Waals surface area contributed by atoms with E-state index in [1.807, 2.05) is 24.4 Å². The maximum absolute atomic E-state index is 6.63. The second-order valence-electron chi connectivity index (χ2n) is 11.5. The molecule has 0 fully saturated rings. The molecular formula is C31H29N3O2. The molecular weight excluding hydrogens is 446 g/mol. The molecule has 180 valence electrons. The van der Waals surface area contributed by atoms with Crippen molar-refractivity contribution in [1.82, 2.24) is 15.0 Å². The fourth-order valence-electron chi connectivity index (χ4n) is 4.58. The Labute approximate surface area is 210 Å². The van der Waals surface area contributed by atoms with Gasteiger partial charge in [-0.2, -0.15) is 0 Å². The number of pyridine rings is 2. The Morgan fingerprint density at radius 2 is 1.58 bits per heavy atom. The summed E-state index contributed by atoms with van der Waals surface area (Å²) in [7, 11) is 0. The number of rotatable bonds is 2. The van der Waals surface area contributed by atoms with Crippen LogP contribution in [0.25, 0.3) is 55.6 Å². The van der Waals surface area contributed by atoms with Gasteiger partial charge in [0.05, 0.1) is 5.69 Å². The third-order valence-corrected chi connectivity index (χ3v) is 6.76. The molecule has 0 aliphatic carbocycles. The minimum absolute atomic E-state index is 0.0471. The third kappa shape index (κ3) is 3.67. The molecule has 4 aromatic heterocycles. The van der Waals surface area contributed by atoms with Crippen LogP contribution in [0.2, 0.25) is 0 Å². The van der Waals surface area contributed by atoms with Crippen molar-refractivity contribution in [3.8, 4) is 22.5 Å². The highest BCUT2D eigenvalue weighted by molar-refractivity contribution is 6.12. The molecule has 5 heteroatoms. The summed E-state index contributed by atoms with van der Waals surface area (Å²) in [6.45, 7) is 13.1. The van der Waals surface area contributed by atoms with Crippen LogP contribution in [0.4, 0.5) is 0 Å². The van der Waals surface area contributed by atoms with Crippen LogP contribution in [0.15, 0.2) is 76.0 Å². The summed E-state index contributed by atoms with van der Waals surface area (Å²) in [6.07, 6.45) is 3.43. The fraction of sp³-hybridized carbons (Fsp3) is 0.258. The van der Waals surface area contributed by atoms with Crippen molar-refractivity contribution < 1.29 is 8.83 Å². The number of nitrogens with zero attached hydrogens (tertiary/aromatic N) is 3. The van der Waals surface area contributed by atoms with Gasteiger partial charge in [-0.1, -0.05) is 65.8 Å². The average molecular weight is 476 g/mol. The van der Waals surface area contributed by atoms with Crippen LogP contribution in [0.1, 0.15) is 52.8 Å². The van der Waals surface area contributed by atoms with E-state index in [1.54, 1.807) is 0 Å². The molecule has 6 rings (SSSR count). The van der Waals surface area contributed by atoms with Gasteiger partial charge in [-0.3, -0.25) is 4.98 Å². The van der Waals surface area contributed by atoms with Crippen molar-refractivity contribution in [3.63, 3.8) is 0 Å². The van der Waals surface area contributed by atoms with E-state index in [0.29, 0.717) is 0 Å². The van der Waals surface area contributed by atoms with E-state index in [9.17, 15) is 0 Å². The number of aromatic nitrogens is 3. The highest BCUT2D eigenvalue weighted by atomic mass is 16.3. The van der Waals surface area contributed by atoms with Crippen molar-refractivity contribution >= 4 is 33.0 Å². The van der Waals surface area contributed by atoms with Crippen LogP contribution in [0.5, 0.6) is 0 Å². The summed E-state index contributed by atoms with van der Waals surface area (Å²) in [5, 5.41) is 2.10. The van der Waals surface area contributed by atoms with Gasteiger partial charge in [0.15, 0.2) is 17.6 Å². The van der Waals surface area contributed by atoms with E-state index in [0.717, 1.165) is 61.2 Å². The number of hydrogen-bond acceptors (Lipinski definition) is 5. The van der Waals surface area contributed by atoms with Crippen molar-refractivity contribution in [2.24, 2.45) is 0 Å². The Morgan fingerprint density at radius 1 is 0.750 bits per heavy atom. The zero-order valence-electron chi connectivity index (χ0n) is 21.5. The van der Waals surface area contributed by atoms with Gasteiger partial charge in [-0.25, -0.2) is 9.97 Å². The maximum atomic E-state index is 6.63. The third-order valence-electron chi connectivity index (χ3n) is 6.76. The predicted octanol–water partition coefficient (Wildman–Crippen LogP) is 8.45. The Hall–Kier alpha value is -3.99. The molecule has 5 nitrogen and oxygen atoms in total. The molecule has 0 bridgehead atoms. The molecule has 0 aliphatic rings. The molecule has 2 aromatic carbocycles. The molecule has 0 spiro atoms. The second-order valence-corrected chi connectivity index (χ2v) is 11.5. The van der Waals surface area contributed by atoms with Gasteiger partial charge in [0, 0.05) is 39.2 Å². The van der Waals surface area contributed by atoms with Gasteiger partial charge in [0.2, 0.25) is 0 Å². The van der Waals surface area contributed by atoms with Crippen LogP contribution in [-0.2, 0) is 10.8 Å². The van der Waals surface area contributed by atoms with E-state index in [2.05, 4.69) is 82.9 Å². The standard InChI is InChI=1S/C31H29N3O2/c1-30(2,3)19-11-13-23(32-16-19)21-9-7-8-20-22-15-26(31(4,5)6)34-27(29(22)36-28(20)21)18-10-12-24-25(14-18)35-17-33-24/h7-17H,1-6H3. The number of fused-ring (bicyclic) bond motifs is 4. The summed E-state index contributed by atoms with van der Waals surface area (Å²) in [5.74, 6) is 0. The first-order chi connectivity index (χ1) is 17.1. The SMILES string of the molecule is CC(C)(C)c1ccc(-c2cccc3c2oc2c(-c4ccc5ncoc5c4)nc(C(C)(C)C)cc23)nc1. The zero-order chi connectivity index (χ0) is 25.2. The monoisotopic (exact) mass is 475 g/mol. The zero-order valence-corrected chi connectivity index (χ0v) is 21.5. The Morgan fingerprint density at radius 3 is 2.31 bits per heavy atom. The van der Waals surface area contributed by atoms with Crippen LogP contribution in [-0.4, -0.2) is 15.0 Å². The molecule has 0 N–H and O–H groups in total. The van der Waals surface area contributed by atoms with Crippen molar-refractivity contribution in [2.75, 3.05) is 0 Å². The minimum Gasteiger partial charge on any atom is -0.453 e. The van der Waals surface area contributed by atoms with Gasteiger partial charge in [0.1, 0.15) is 16.8 Å². The van der Waals surface area contributed by atoms with Gasteiger partial charge >= 0.3 is 0 Å². The number of oxazole rings is 1. The summed E-state index contributed by atoms with van der Waals surface area (Å²) < 4.78 is 12.2. The Balaban J connectivity index is 1.62. The second kappa shape index (κ2) is 7.76. The topological polar surface area (TPSA) is 65.0 Å². The van der Waals surface area contributed by atoms with E-state index in [-0.39, 0.29) is 10.8 Å². The summed E-state index contributed by atoms with van der Waals surface area (Å²) in [4.78, 5) is 14.2. The minimum atomic E-state index is -0.134. The lowest BCUT2D eigenvalue weighted by molar-refractivity contribution is 0.569. The Kier molecular flexibility index (Phi) is 4.84. The highest BCUT2D eigenvalue weighted by Gasteiger charge is 2.24. The molecule has 0 atom stereocenters. The van der Waals surface area contributed by atoms with Crippen molar-refractivity contribution in [1.29, 1.82) is 0 Å². The van der Waals surface area contributed by atoms with Crippen molar-refractivity contribution in [2.45, 2.75) is 52.4 Å². The molecule has 0 radical (unpaired) electrons. The fourth-order valence-corrected chi connectivity index (χ4v) is 4.58. The van der Waals surface area contributed by atoms with Crippen molar-refractivity contribution in [3.05, 3.63) is 78.4 Å². The van der Waals surface area contributed by atoms with Gasteiger partial charge in [-0.15, -0.1) is 0 Å². The maximum Gasteiger partial charge on any atom is 0.181 e. The van der Waals surface area contributed by atoms with Gasteiger partial charge < -0.3 is 8.83 Å². The lowest BCUT2D eigenvalue weighted by Gasteiger charge is -2.19. The first kappa shape index (κ1) is 22.5. The largest absolute Gasteiger partial charge is 0.453 e. The lowest BCUT2D eigenvalue weighted by Crippen LogP contribution is -2.13. The molecule has 0 unspecified atom stereocenters. The first-order valence-electron chi connectivity index (χ1n) is 12.3. The molecule has 0 amide bonds. The lowest BCUT2D eigenvalue weighted by atomic mass is 9.88. The van der Waals surface area contributed by atoms with Gasteiger partial charge in [0.25, 0.3) is 0 Å². The predicted molar refractivity (Wildman–Crippen MR) is 145 cm³/mol. The number of hydrogen-bond donors (Lipinski definition) is 0. The summed E-state index contributed by atoms with van der Waals surface area (Å²) in [6, 6.07) is 18.6. The van der Waals surface area contributed by atoms with Crippen LogP contribution in [0.3, 0.4) is 0 Å².